The number of rotatable bonds is 9. The Kier molecular flexibility index (Phi) is 8.11. The lowest BCUT2D eigenvalue weighted by Crippen LogP contribution is -2.32. The Labute approximate surface area is 236 Å². The number of aromatic nitrogens is 1. The summed E-state index contributed by atoms with van der Waals surface area (Å²) < 4.78 is 1.81. The van der Waals surface area contributed by atoms with Crippen LogP contribution in [0, 0.1) is 12.8 Å². The third kappa shape index (κ3) is 6.15. The lowest BCUT2D eigenvalue weighted by atomic mass is 9.95. The van der Waals surface area contributed by atoms with Crippen molar-refractivity contribution in [3.8, 4) is 0 Å². The number of aryl methyl sites for hydroxylation is 2. The van der Waals surface area contributed by atoms with E-state index in [4.69, 9.17) is 0 Å². The number of hydrogen-bond acceptors (Lipinski definition) is 4. The Morgan fingerprint density at radius 2 is 1.35 bits per heavy atom. The summed E-state index contributed by atoms with van der Waals surface area (Å²) >= 11 is 0. The lowest BCUT2D eigenvalue weighted by molar-refractivity contribution is 0.0979. The van der Waals surface area contributed by atoms with Gasteiger partial charge in [-0.2, -0.15) is 0 Å². The molecule has 0 amide bonds. The van der Waals surface area contributed by atoms with E-state index in [1.165, 1.54) is 18.5 Å². The van der Waals surface area contributed by atoms with Crippen LogP contribution in [0.4, 0.5) is 5.69 Å². The van der Waals surface area contributed by atoms with Gasteiger partial charge in [0.05, 0.1) is 5.69 Å². The summed E-state index contributed by atoms with van der Waals surface area (Å²) in [6.07, 6.45) is 4.85. The largest absolute Gasteiger partial charge is 0.372 e. The summed E-state index contributed by atoms with van der Waals surface area (Å²) in [6.45, 7) is 6.45. The van der Waals surface area contributed by atoms with Crippen molar-refractivity contribution in [2.45, 2.75) is 39.5 Å². The van der Waals surface area contributed by atoms with Crippen molar-refractivity contribution in [2.75, 3.05) is 18.0 Å². The van der Waals surface area contributed by atoms with E-state index in [9.17, 15) is 14.4 Å². The number of hydrogen-bond donors (Lipinski definition) is 0. The first-order valence-corrected chi connectivity index (χ1v) is 14.0. The monoisotopic (exact) mass is 532 g/mol. The van der Waals surface area contributed by atoms with Crippen LogP contribution in [-0.2, 0) is 19.9 Å². The second-order valence-corrected chi connectivity index (χ2v) is 11.1. The molecule has 0 bridgehead atoms. The van der Waals surface area contributed by atoms with E-state index in [0.717, 1.165) is 41.3 Å². The Balaban J connectivity index is 1.19. The van der Waals surface area contributed by atoms with E-state index in [2.05, 4.69) is 24.0 Å². The third-order valence-electron chi connectivity index (χ3n) is 8.05. The zero-order valence-corrected chi connectivity index (χ0v) is 23.5. The average Bonchev–Trinajstić information content (AvgIpc) is 3.39. The van der Waals surface area contributed by atoms with Crippen molar-refractivity contribution in [2.24, 2.45) is 13.0 Å². The van der Waals surface area contributed by atoms with Crippen LogP contribution in [0.2, 0.25) is 0 Å². The second-order valence-electron chi connectivity index (χ2n) is 11.1. The molecule has 5 heteroatoms. The highest BCUT2D eigenvalue weighted by Gasteiger charge is 2.18. The van der Waals surface area contributed by atoms with Crippen molar-refractivity contribution < 1.29 is 14.4 Å². The molecule has 0 N–H and O–H groups in total. The number of nitrogens with zero attached hydrogens (tertiary/aromatic N) is 2. The van der Waals surface area contributed by atoms with Crippen LogP contribution >= 0.6 is 0 Å². The standard InChI is InChI=1S/C35H36N2O3/c1-24-16-19-37(20-17-24)30-14-15-31(25(2)21-30)33(38)22-26-6-10-28(11-7-26)35(40)29-12-8-27(9-13-29)23-34(39)32-5-4-18-36(32)3/h4-15,18,21,24H,16-17,19-20,22-23H2,1-3H3. The quantitative estimate of drug-likeness (QED) is 0.227. The zero-order chi connectivity index (χ0) is 28.2. The van der Waals surface area contributed by atoms with Crippen LogP contribution in [0.25, 0.3) is 0 Å². The summed E-state index contributed by atoms with van der Waals surface area (Å²) in [5, 5.41) is 0. The number of benzene rings is 3. The molecule has 0 aliphatic carbocycles. The summed E-state index contributed by atoms with van der Waals surface area (Å²) in [4.78, 5) is 41.1. The molecule has 1 aliphatic heterocycles. The van der Waals surface area contributed by atoms with Gasteiger partial charge in [-0.3, -0.25) is 14.4 Å². The van der Waals surface area contributed by atoms with Crippen molar-refractivity contribution in [1.82, 2.24) is 4.57 Å². The van der Waals surface area contributed by atoms with Gasteiger partial charge in [-0.25, -0.2) is 0 Å². The van der Waals surface area contributed by atoms with Crippen molar-refractivity contribution in [3.05, 3.63) is 124 Å². The van der Waals surface area contributed by atoms with E-state index in [-0.39, 0.29) is 23.8 Å². The average molecular weight is 533 g/mol. The number of anilines is 1. The Morgan fingerprint density at radius 3 is 1.88 bits per heavy atom. The first-order chi connectivity index (χ1) is 19.3. The molecule has 1 aromatic heterocycles. The summed E-state index contributed by atoms with van der Waals surface area (Å²) in [7, 11) is 1.85. The smallest absolute Gasteiger partial charge is 0.193 e. The number of piperidine rings is 1. The molecule has 1 fully saturated rings. The van der Waals surface area contributed by atoms with E-state index in [1.54, 1.807) is 24.3 Å². The number of carbonyl (C=O) groups is 3. The maximum atomic E-state index is 13.1. The molecule has 0 saturated carbocycles. The minimum atomic E-state index is -0.0864. The van der Waals surface area contributed by atoms with Gasteiger partial charge >= 0.3 is 0 Å². The SMILES string of the molecule is Cc1cc(N2CCC(C)CC2)ccc1C(=O)Cc1ccc(C(=O)c2ccc(CC(=O)c3cccn3C)cc2)cc1. The highest BCUT2D eigenvalue weighted by atomic mass is 16.1. The summed E-state index contributed by atoms with van der Waals surface area (Å²) in [6, 6.07) is 24.3. The maximum absolute atomic E-state index is 13.1. The van der Waals surface area contributed by atoms with Crippen LogP contribution in [0.15, 0.2) is 85.1 Å². The van der Waals surface area contributed by atoms with Crippen molar-refractivity contribution in [3.63, 3.8) is 0 Å². The molecule has 0 atom stereocenters. The molecule has 40 heavy (non-hydrogen) atoms. The fraction of sp³-hybridized carbons (Fsp3) is 0.286. The van der Waals surface area contributed by atoms with Gasteiger partial charge in [0.25, 0.3) is 0 Å². The predicted octanol–water partition coefficient (Wildman–Crippen LogP) is 6.65. The van der Waals surface area contributed by atoms with Gasteiger partial charge in [0.15, 0.2) is 17.3 Å². The number of carbonyl (C=O) groups excluding carboxylic acids is 3. The highest BCUT2D eigenvalue weighted by molar-refractivity contribution is 6.09. The molecule has 5 nitrogen and oxygen atoms in total. The molecule has 1 aliphatic rings. The van der Waals surface area contributed by atoms with Crippen molar-refractivity contribution >= 4 is 23.0 Å². The molecule has 2 heterocycles. The van der Waals surface area contributed by atoms with E-state index < -0.39 is 0 Å². The Morgan fingerprint density at radius 1 is 0.775 bits per heavy atom. The second kappa shape index (κ2) is 11.9. The molecular formula is C35H36N2O3. The summed E-state index contributed by atoms with van der Waals surface area (Å²) in [5.74, 6) is 0.814. The third-order valence-corrected chi connectivity index (χ3v) is 8.05. The minimum absolute atomic E-state index is 0.0412. The molecule has 4 aromatic rings. The first-order valence-electron chi connectivity index (χ1n) is 14.0. The number of ketones is 3. The molecule has 0 radical (unpaired) electrons. The van der Waals surface area contributed by atoms with Crippen LogP contribution in [0.1, 0.15) is 73.2 Å². The van der Waals surface area contributed by atoms with Crippen LogP contribution in [0.5, 0.6) is 0 Å². The minimum Gasteiger partial charge on any atom is -0.372 e. The fourth-order valence-electron chi connectivity index (χ4n) is 5.45. The fourth-order valence-corrected chi connectivity index (χ4v) is 5.45. The van der Waals surface area contributed by atoms with Crippen LogP contribution < -0.4 is 4.90 Å². The van der Waals surface area contributed by atoms with Gasteiger partial charge in [0, 0.05) is 61.6 Å². The Bertz CT molecular complexity index is 1520. The first kappa shape index (κ1) is 27.3. The molecule has 0 spiro atoms. The van der Waals surface area contributed by atoms with Gasteiger partial charge in [0.2, 0.25) is 0 Å². The van der Waals surface area contributed by atoms with E-state index >= 15 is 0 Å². The predicted molar refractivity (Wildman–Crippen MR) is 160 cm³/mol. The topological polar surface area (TPSA) is 59.4 Å². The van der Waals surface area contributed by atoms with E-state index in [0.29, 0.717) is 23.2 Å². The van der Waals surface area contributed by atoms with Gasteiger partial charge in [-0.1, -0.05) is 55.5 Å². The molecule has 204 valence electrons. The lowest BCUT2D eigenvalue weighted by Gasteiger charge is -2.32. The van der Waals surface area contributed by atoms with Crippen LogP contribution in [0.3, 0.4) is 0 Å². The van der Waals surface area contributed by atoms with Gasteiger partial charge in [-0.15, -0.1) is 0 Å². The normalized spacial score (nSPS) is 13.8. The molecule has 0 unspecified atom stereocenters. The summed E-state index contributed by atoms with van der Waals surface area (Å²) in [5.41, 5.74) is 6.49. The van der Waals surface area contributed by atoms with E-state index in [1.807, 2.05) is 67.2 Å². The van der Waals surface area contributed by atoms with Gasteiger partial charge < -0.3 is 9.47 Å². The number of Topliss-reactive ketones (excluding diaryl/α,β-unsaturated/α-hetero) is 2. The zero-order valence-electron chi connectivity index (χ0n) is 23.5. The van der Waals surface area contributed by atoms with Gasteiger partial charge in [0.1, 0.15) is 0 Å². The van der Waals surface area contributed by atoms with Crippen LogP contribution in [-0.4, -0.2) is 35.0 Å². The molecule has 1 saturated heterocycles. The highest BCUT2D eigenvalue weighted by Crippen LogP contribution is 2.26. The molecular weight excluding hydrogens is 496 g/mol. The Hall–Kier alpha value is -4.25. The molecule has 3 aromatic carbocycles. The van der Waals surface area contributed by atoms with Gasteiger partial charge in [-0.05, 0) is 72.7 Å². The van der Waals surface area contributed by atoms with Crippen molar-refractivity contribution in [1.29, 1.82) is 0 Å². The molecule has 5 rings (SSSR count). The maximum Gasteiger partial charge on any atom is 0.193 e.